The van der Waals surface area contributed by atoms with Crippen molar-refractivity contribution >= 4 is 39.9 Å². The Balaban J connectivity index is 3.35. The van der Waals surface area contributed by atoms with Crippen LogP contribution in [-0.4, -0.2) is 16.3 Å². The van der Waals surface area contributed by atoms with Crippen LogP contribution in [0.5, 0.6) is 0 Å². The molecule has 1 rings (SSSR count). The molecule has 0 heterocycles. The molecule has 0 amide bonds. The smallest absolute Gasteiger partial charge is 0.271 e. The second-order valence-electron chi connectivity index (χ2n) is 2.87. The minimum atomic E-state index is -0.902. The largest absolute Gasteiger partial charge is 0.297 e. The van der Waals surface area contributed by atoms with Gasteiger partial charge in [-0.3, -0.25) is 15.4 Å². The van der Waals surface area contributed by atoms with E-state index in [2.05, 4.69) is 10.3 Å². The molecule has 18 heavy (non-hydrogen) atoms. The summed E-state index contributed by atoms with van der Waals surface area (Å²) in [5.74, 6) is -0.902. The van der Waals surface area contributed by atoms with Crippen LogP contribution >= 0.6 is 23.4 Å². The zero-order valence-corrected chi connectivity index (χ0v) is 10.5. The number of nitrogens with zero attached hydrogens (tertiary/aromatic N) is 3. The van der Waals surface area contributed by atoms with Gasteiger partial charge in [0.1, 0.15) is 11.5 Å². The van der Waals surface area contributed by atoms with Gasteiger partial charge in [-0.25, -0.2) is 9.38 Å². The van der Waals surface area contributed by atoms with Gasteiger partial charge in [0.05, 0.1) is 16.0 Å². The average molecular weight is 289 g/mol. The van der Waals surface area contributed by atoms with Crippen molar-refractivity contribution in [2.24, 2.45) is 4.99 Å². The van der Waals surface area contributed by atoms with E-state index in [0.717, 1.165) is 17.8 Å². The quantitative estimate of drug-likeness (QED) is 0.226. The zero-order valence-electron chi connectivity index (χ0n) is 8.98. The van der Waals surface area contributed by atoms with Crippen LogP contribution in [0.25, 0.3) is 0 Å². The lowest BCUT2D eigenvalue weighted by molar-refractivity contribution is -0.384. The number of halogens is 2. The van der Waals surface area contributed by atoms with Gasteiger partial charge in [-0.05, 0) is 12.3 Å². The fraction of sp³-hybridized carbons (Fsp3) is 0.111. The molecule has 0 aromatic heterocycles. The van der Waals surface area contributed by atoms with E-state index in [9.17, 15) is 14.5 Å². The molecule has 0 bridgehead atoms. The highest BCUT2D eigenvalue weighted by Gasteiger charge is 2.18. The number of thioether (sulfide) groups is 1. The number of hydrogen-bond donors (Lipinski definition) is 1. The summed E-state index contributed by atoms with van der Waals surface area (Å²) in [5, 5.41) is 21.3. The fourth-order valence-corrected chi connectivity index (χ4v) is 1.54. The number of aliphatic imine (C=N–C) groups is 1. The third-order valence-corrected chi connectivity index (χ3v) is 2.66. The van der Waals surface area contributed by atoms with Crippen LogP contribution in [0.1, 0.15) is 0 Å². The number of rotatable bonds is 2. The zero-order chi connectivity index (χ0) is 13.7. The van der Waals surface area contributed by atoms with E-state index >= 15 is 0 Å². The van der Waals surface area contributed by atoms with Crippen molar-refractivity contribution in [3.05, 3.63) is 33.1 Å². The Hall–Kier alpha value is -1.85. The summed E-state index contributed by atoms with van der Waals surface area (Å²) in [5.41, 5.74) is -0.651. The van der Waals surface area contributed by atoms with Gasteiger partial charge in [-0.1, -0.05) is 23.4 Å². The van der Waals surface area contributed by atoms with E-state index in [-0.39, 0.29) is 15.9 Å². The number of benzene rings is 1. The minimum absolute atomic E-state index is 0.126. The molecule has 1 aromatic rings. The first kappa shape index (κ1) is 14.2. The fourth-order valence-electron chi connectivity index (χ4n) is 1.04. The molecule has 0 atom stereocenters. The molecule has 0 spiro atoms. The van der Waals surface area contributed by atoms with Gasteiger partial charge in [0.2, 0.25) is 0 Å². The van der Waals surface area contributed by atoms with Crippen LogP contribution in [0.4, 0.5) is 15.8 Å². The lowest BCUT2D eigenvalue weighted by atomic mass is 10.2. The predicted octanol–water partition coefficient (Wildman–Crippen LogP) is 2.81. The van der Waals surface area contributed by atoms with E-state index in [0.29, 0.717) is 6.07 Å². The summed E-state index contributed by atoms with van der Waals surface area (Å²) < 4.78 is 13.1. The van der Waals surface area contributed by atoms with Gasteiger partial charge in [0, 0.05) is 0 Å². The predicted molar refractivity (Wildman–Crippen MR) is 67.4 cm³/mol. The number of nitriles is 1. The van der Waals surface area contributed by atoms with Crippen molar-refractivity contribution in [1.82, 2.24) is 5.32 Å². The highest BCUT2D eigenvalue weighted by atomic mass is 35.5. The van der Waals surface area contributed by atoms with Gasteiger partial charge in [-0.2, -0.15) is 5.26 Å². The second-order valence-corrected chi connectivity index (χ2v) is 4.07. The van der Waals surface area contributed by atoms with Crippen LogP contribution in [0.15, 0.2) is 17.1 Å². The van der Waals surface area contributed by atoms with E-state index in [4.69, 9.17) is 16.9 Å². The summed E-state index contributed by atoms with van der Waals surface area (Å²) in [6.07, 6.45) is 3.26. The van der Waals surface area contributed by atoms with Gasteiger partial charge in [0.25, 0.3) is 5.69 Å². The van der Waals surface area contributed by atoms with Crippen molar-refractivity contribution in [3.63, 3.8) is 0 Å². The van der Waals surface area contributed by atoms with E-state index < -0.39 is 16.4 Å². The standard InChI is InChI=1S/C9H6ClFN4O2S/c1-18-9(13-4-12)14-7-2-5(10)6(11)3-8(7)15(16)17/h2-3H,1H3,(H,13,14). The number of nitro benzene ring substituents is 1. The van der Waals surface area contributed by atoms with Crippen molar-refractivity contribution in [2.75, 3.05) is 6.26 Å². The molecule has 0 aliphatic rings. The molecule has 6 nitrogen and oxygen atoms in total. The molecule has 1 N–H and O–H groups in total. The molecule has 94 valence electrons. The Labute approximate surface area is 111 Å². The molecule has 0 aliphatic carbocycles. The SMILES string of the molecule is CSC(=Nc1cc(Cl)c(F)cc1[N+](=O)[O-])NC#N. The van der Waals surface area contributed by atoms with Crippen molar-refractivity contribution < 1.29 is 9.31 Å². The molecular formula is C9H6ClFN4O2S. The topological polar surface area (TPSA) is 91.3 Å². The molecule has 0 fully saturated rings. The summed E-state index contributed by atoms with van der Waals surface area (Å²) in [6, 6.07) is 1.72. The summed E-state index contributed by atoms with van der Waals surface area (Å²) in [4.78, 5) is 13.8. The highest BCUT2D eigenvalue weighted by Crippen LogP contribution is 2.33. The molecule has 0 radical (unpaired) electrons. The molecule has 0 saturated heterocycles. The Bertz CT molecular complexity index is 558. The summed E-state index contributed by atoms with van der Waals surface area (Å²) in [6.45, 7) is 0. The van der Waals surface area contributed by atoms with Crippen LogP contribution in [0.3, 0.4) is 0 Å². The Kier molecular flexibility index (Phi) is 4.88. The maximum Gasteiger partial charge on any atom is 0.297 e. The monoisotopic (exact) mass is 288 g/mol. The second kappa shape index (κ2) is 6.18. The van der Waals surface area contributed by atoms with E-state index in [1.54, 1.807) is 12.4 Å². The van der Waals surface area contributed by atoms with Crippen LogP contribution < -0.4 is 5.32 Å². The number of nitrogens with one attached hydrogen (secondary N) is 1. The van der Waals surface area contributed by atoms with E-state index in [1.807, 2.05) is 0 Å². The summed E-state index contributed by atoms with van der Waals surface area (Å²) in [7, 11) is 0. The molecular weight excluding hydrogens is 283 g/mol. The first-order chi connectivity index (χ1) is 8.49. The molecule has 0 aliphatic heterocycles. The van der Waals surface area contributed by atoms with Crippen LogP contribution in [-0.2, 0) is 0 Å². The molecule has 0 saturated carbocycles. The van der Waals surface area contributed by atoms with Crippen molar-refractivity contribution in [3.8, 4) is 6.19 Å². The first-order valence-corrected chi connectivity index (χ1v) is 6.01. The van der Waals surface area contributed by atoms with Gasteiger partial charge < -0.3 is 0 Å². The van der Waals surface area contributed by atoms with Crippen molar-refractivity contribution in [2.45, 2.75) is 0 Å². The van der Waals surface area contributed by atoms with E-state index in [1.165, 1.54) is 0 Å². The van der Waals surface area contributed by atoms with Gasteiger partial charge in [0.15, 0.2) is 11.4 Å². The van der Waals surface area contributed by atoms with Crippen molar-refractivity contribution in [1.29, 1.82) is 5.26 Å². The molecule has 1 aromatic carbocycles. The maximum absolute atomic E-state index is 13.1. The van der Waals surface area contributed by atoms with Gasteiger partial charge >= 0.3 is 0 Å². The average Bonchev–Trinajstić information content (AvgIpc) is 2.32. The highest BCUT2D eigenvalue weighted by molar-refractivity contribution is 8.13. The van der Waals surface area contributed by atoms with Crippen LogP contribution in [0.2, 0.25) is 5.02 Å². The van der Waals surface area contributed by atoms with Crippen LogP contribution in [0, 0.1) is 27.4 Å². The Morgan fingerprint density at radius 2 is 2.39 bits per heavy atom. The lowest BCUT2D eigenvalue weighted by Crippen LogP contribution is -2.12. The normalized spacial score (nSPS) is 10.9. The third-order valence-electron chi connectivity index (χ3n) is 1.79. The third kappa shape index (κ3) is 3.32. The number of nitro groups is 1. The first-order valence-electron chi connectivity index (χ1n) is 4.40. The maximum atomic E-state index is 13.1. The Morgan fingerprint density at radius 3 is 2.89 bits per heavy atom. The molecule has 0 unspecified atom stereocenters. The number of hydrogen-bond acceptors (Lipinski definition) is 5. The lowest BCUT2D eigenvalue weighted by Gasteiger charge is -2.02. The Morgan fingerprint density at radius 1 is 1.72 bits per heavy atom. The number of amidine groups is 1. The van der Waals surface area contributed by atoms with Gasteiger partial charge in [-0.15, -0.1) is 0 Å². The molecule has 9 heteroatoms. The summed E-state index contributed by atoms with van der Waals surface area (Å²) >= 11 is 6.61. The minimum Gasteiger partial charge on any atom is -0.271 e.